The summed E-state index contributed by atoms with van der Waals surface area (Å²) in [6.45, 7) is 9.92. The molecule has 3 N–H and O–H groups in total. The second-order valence-corrected chi connectivity index (χ2v) is 5.58. The fourth-order valence-corrected chi connectivity index (χ4v) is 1.84. The number of aliphatic hydroxyl groups is 1. The average Bonchev–Trinajstić information content (AvgIpc) is 2.27. The molecule has 0 spiro atoms. The number of nitrogens with two attached hydrogens (primary N) is 1. The second kappa shape index (κ2) is 6.76. The van der Waals surface area contributed by atoms with Crippen molar-refractivity contribution in [1.82, 2.24) is 4.90 Å². The molecule has 0 aliphatic rings. The van der Waals surface area contributed by atoms with Crippen molar-refractivity contribution in [3.63, 3.8) is 0 Å². The maximum absolute atomic E-state index is 10.0. The van der Waals surface area contributed by atoms with Crippen LogP contribution in [-0.4, -0.2) is 28.7 Å². The molecule has 3 heteroatoms. The molecule has 18 heavy (non-hydrogen) atoms. The average molecular weight is 250 g/mol. The summed E-state index contributed by atoms with van der Waals surface area (Å²) >= 11 is 0. The Morgan fingerprint density at radius 3 is 2.39 bits per heavy atom. The van der Waals surface area contributed by atoms with Crippen LogP contribution >= 0.6 is 0 Å². The first kappa shape index (κ1) is 15.0. The minimum Gasteiger partial charge on any atom is -0.399 e. The van der Waals surface area contributed by atoms with Crippen LogP contribution < -0.4 is 5.73 Å². The summed E-state index contributed by atoms with van der Waals surface area (Å²) in [6, 6.07) is 8.35. The van der Waals surface area contributed by atoms with E-state index in [9.17, 15) is 5.11 Å². The molecule has 0 bridgehead atoms. The van der Waals surface area contributed by atoms with Crippen molar-refractivity contribution in [2.45, 2.75) is 46.4 Å². The molecule has 1 atom stereocenters. The summed E-state index contributed by atoms with van der Waals surface area (Å²) < 4.78 is 0. The van der Waals surface area contributed by atoms with E-state index in [1.165, 1.54) is 5.56 Å². The molecule has 0 saturated carbocycles. The van der Waals surface area contributed by atoms with Crippen LogP contribution in [0.25, 0.3) is 0 Å². The molecular weight excluding hydrogens is 224 g/mol. The van der Waals surface area contributed by atoms with Gasteiger partial charge in [-0.2, -0.15) is 0 Å². The van der Waals surface area contributed by atoms with Gasteiger partial charge in [-0.1, -0.05) is 26.0 Å². The van der Waals surface area contributed by atoms with Gasteiger partial charge >= 0.3 is 0 Å². The quantitative estimate of drug-likeness (QED) is 0.763. The van der Waals surface area contributed by atoms with Gasteiger partial charge in [0, 0.05) is 24.8 Å². The first-order valence-corrected chi connectivity index (χ1v) is 6.66. The van der Waals surface area contributed by atoms with Gasteiger partial charge < -0.3 is 10.8 Å². The van der Waals surface area contributed by atoms with Crippen LogP contribution in [0, 0.1) is 5.92 Å². The zero-order valence-electron chi connectivity index (χ0n) is 11.9. The predicted molar refractivity (Wildman–Crippen MR) is 77.2 cm³/mol. The Labute approximate surface area is 111 Å². The van der Waals surface area contributed by atoms with E-state index in [-0.39, 0.29) is 12.0 Å². The normalized spacial score (nSPS) is 13.6. The molecule has 0 aromatic heterocycles. The lowest BCUT2D eigenvalue weighted by atomic mass is 10.1. The van der Waals surface area contributed by atoms with Crippen molar-refractivity contribution in [1.29, 1.82) is 0 Å². The fraction of sp³-hybridized carbons (Fsp3) is 0.600. The first-order chi connectivity index (χ1) is 8.40. The molecule has 0 heterocycles. The number of benzene rings is 1. The highest BCUT2D eigenvalue weighted by atomic mass is 16.3. The van der Waals surface area contributed by atoms with Crippen LogP contribution in [0.15, 0.2) is 24.3 Å². The van der Waals surface area contributed by atoms with Crippen LogP contribution in [0.4, 0.5) is 5.69 Å². The van der Waals surface area contributed by atoms with Gasteiger partial charge in [0.1, 0.15) is 0 Å². The molecule has 1 aromatic rings. The highest BCUT2D eigenvalue weighted by Crippen LogP contribution is 2.14. The lowest BCUT2D eigenvalue weighted by molar-refractivity contribution is 0.0598. The zero-order valence-corrected chi connectivity index (χ0v) is 11.9. The summed E-state index contributed by atoms with van der Waals surface area (Å²) in [5.41, 5.74) is 7.78. The summed E-state index contributed by atoms with van der Waals surface area (Å²) in [5, 5.41) is 10.0. The third-order valence-electron chi connectivity index (χ3n) is 3.26. The van der Waals surface area contributed by atoms with Crippen molar-refractivity contribution in [2.24, 2.45) is 5.92 Å². The van der Waals surface area contributed by atoms with Crippen LogP contribution in [-0.2, 0) is 6.54 Å². The van der Waals surface area contributed by atoms with Gasteiger partial charge in [0.2, 0.25) is 0 Å². The topological polar surface area (TPSA) is 49.5 Å². The fourth-order valence-electron chi connectivity index (χ4n) is 1.84. The summed E-state index contributed by atoms with van der Waals surface area (Å²) in [4.78, 5) is 2.28. The molecule has 1 aromatic carbocycles. The molecular formula is C15H26N2O. The van der Waals surface area contributed by atoms with E-state index in [2.05, 4.69) is 24.8 Å². The van der Waals surface area contributed by atoms with Crippen molar-refractivity contribution < 1.29 is 5.11 Å². The molecule has 0 aliphatic carbocycles. The molecule has 0 fully saturated rings. The van der Waals surface area contributed by atoms with Gasteiger partial charge in [0.25, 0.3) is 0 Å². The van der Waals surface area contributed by atoms with Crippen LogP contribution in [0.3, 0.4) is 0 Å². The van der Waals surface area contributed by atoms with E-state index >= 15 is 0 Å². The third kappa shape index (κ3) is 4.67. The highest BCUT2D eigenvalue weighted by molar-refractivity contribution is 5.40. The van der Waals surface area contributed by atoms with Crippen LogP contribution in [0.2, 0.25) is 0 Å². The van der Waals surface area contributed by atoms with Crippen molar-refractivity contribution in [3.8, 4) is 0 Å². The van der Waals surface area contributed by atoms with Crippen molar-refractivity contribution in [2.75, 3.05) is 12.3 Å². The molecule has 1 unspecified atom stereocenters. The lowest BCUT2D eigenvalue weighted by Crippen LogP contribution is -2.39. The number of hydrogen-bond acceptors (Lipinski definition) is 3. The van der Waals surface area contributed by atoms with E-state index in [0.29, 0.717) is 12.6 Å². The SMILES string of the molecule is CC(C)C(O)CN(Cc1cccc(N)c1)C(C)C. The largest absolute Gasteiger partial charge is 0.399 e. The standard InChI is InChI=1S/C15H26N2O/c1-11(2)15(18)10-17(12(3)4)9-13-6-5-7-14(16)8-13/h5-8,11-12,15,18H,9-10,16H2,1-4H3. The van der Waals surface area contributed by atoms with Crippen molar-refractivity contribution in [3.05, 3.63) is 29.8 Å². The predicted octanol–water partition coefficient (Wildman–Crippen LogP) is 2.50. The first-order valence-electron chi connectivity index (χ1n) is 6.66. The molecule has 0 aliphatic heterocycles. The zero-order chi connectivity index (χ0) is 13.7. The second-order valence-electron chi connectivity index (χ2n) is 5.58. The number of aliphatic hydroxyl groups excluding tert-OH is 1. The lowest BCUT2D eigenvalue weighted by Gasteiger charge is -2.30. The number of nitrogen functional groups attached to an aromatic ring is 1. The molecule has 102 valence electrons. The Morgan fingerprint density at radius 2 is 1.89 bits per heavy atom. The van der Waals surface area contributed by atoms with Crippen LogP contribution in [0.5, 0.6) is 0 Å². The summed E-state index contributed by atoms with van der Waals surface area (Å²) in [5.74, 6) is 0.284. The number of nitrogens with zero attached hydrogens (tertiary/aromatic N) is 1. The Hall–Kier alpha value is -1.06. The Kier molecular flexibility index (Phi) is 5.63. The minimum atomic E-state index is -0.284. The van der Waals surface area contributed by atoms with E-state index in [1.54, 1.807) is 0 Å². The maximum Gasteiger partial charge on any atom is 0.0690 e. The monoisotopic (exact) mass is 250 g/mol. The highest BCUT2D eigenvalue weighted by Gasteiger charge is 2.17. The summed E-state index contributed by atoms with van der Waals surface area (Å²) in [7, 11) is 0. The van der Waals surface area contributed by atoms with Gasteiger partial charge in [-0.3, -0.25) is 4.90 Å². The van der Waals surface area contributed by atoms with E-state index < -0.39 is 0 Å². The molecule has 3 nitrogen and oxygen atoms in total. The van der Waals surface area contributed by atoms with Gasteiger partial charge in [-0.25, -0.2) is 0 Å². The van der Waals surface area contributed by atoms with Crippen molar-refractivity contribution >= 4 is 5.69 Å². The van der Waals surface area contributed by atoms with Crippen LogP contribution in [0.1, 0.15) is 33.3 Å². The smallest absolute Gasteiger partial charge is 0.0690 e. The third-order valence-corrected chi connectivity index (χ3v) is 3.26. The van der Waals surface area contributed by atoms with E-state index in [4.69, 9.17) is 5.73 Å². The van der Waals surface area contributed by atoms with E-state index in [1.807, 2.05) is 32.0 Å². The van der Waals surface area contributed by atoms with E-state index in [0.717, 1.165) is 12.2 Å². The number of rotatable bonds is 6. The Morgan fingerprint density at radius 1 is 1.22 bits per heavy atom. The number of anilines is 1. The molecule has 0 saturated heterocycles. The molecule has 0 radical (unpaired) electrons. The maximum atomic E-state index is 10.0. The minimum absolute atomic E-state index is 0.284. The van der Waals surface area contributed by atoms with Gasteiger partial charge in [0.05, 0.1) is 6.10 Å². The molecule has 1 rings (SSSR count). The summed E-state index contributed by atoms with van der Waals surface area (Å²) in [6.07, 6.45) is -0.284. The Bertz CT molecular complexity index is 363. The number of hydrogen-bond donors (Lipinski definition) is 2. The van der Waals surface area contributed by atoms with Gasteiger partial charge in [-0.15, -0.1) is 0 Å². The van der Waals surface area contributed by atoms with Gasteiger partial charge in [0.15, 0.2) is 0 Å². The Balaban J connectivity index is 2.69. The van der Waals surface area contributed by atoms with Gasteiger partial charge in [-0.05, 0) is 37.5 Å². The molecule has 0 amide bonds.